The van der Waals surface area contributed by atoms with E-state index < -0.39 is 11.4 Å². The van der Waals surface area contributed by atoms with E-state index in [1.807, 2.05) is 19.9 Å². The lowest BCUT2D eigenvalue weighted by Crippen LogP contribution is -2.47. The number of nitrogens with zero attached hydrogens (tertiary/aromatic N) is 3. The van der Waals surface area contributed by atoms with E-state index >= 15 is 0 Å². The van der Waals surface area contributed by atoms with Crippen LogP contribution >= 0.6 is 0 Å². The van der Waals surface area contributed by atoms with E-state index in [1.165, 1.54) is 12.1 Å². The largest absolute Gasteiger partial charge is 0.483 e. The first kappa shape index (κ1) is 24.1. The molecule has 0 radical (unpaired) electrons. The molecule has 36 heavy (non-hydrogen) atoms. The maximum absolute atomic E-state index is 13.6. The molecule has 188 valence electrons. The third-order valence-corrected chi connectivity index (χ3v) is 6.95. The van der Waals surface area contributed by atoms with Crippen molar-refractivity contribution in [3.8, 4) is 0 Å². The fraction of sp³-hybridized carbons (Fsp3) is 0.370. The molecule has 8 nitrogen and oxygen atoms in total. The summed E-state index contributed by atoms with van der Waals surface area (Å²) >= 11 is 0. The number of halogens is 1. The number of aliphatic hydroxyl groups excluding tert-OH is 1. The zero-order chi connectivity index (χ0) is 25.4. The van der Waals surface area contributed by atoms with E-state index in [4.69, 9.17) is 9.84 Å². The summed E-state index contributed by atoms with van der Waals surface area (Å²) in [5.41, 5.74) is 1.81. The van der Waals surface area contributed by atoms with Crippen molar-refractivity contribution in [2.45, 2.75) is 25.9 Å². The number of Topliss-reactive ketones (excluding diaryl/α,β-unsaturated/α-hetero) is 1. The standard InChI is InChI=1S/C27H29FN4O4/c1-27(2)18(14-23(36-27)25-20-5-4-19(28)15-21(20)30-26(25)35)13-22(34)17-3-6-24(29-16-17)32-9-7-31(8-10-32)11-12-33/h3-6,14-16,33H,7-13H2,1-2H3,(H,30,35)/b25-23+. The zero-order valence-corrected chi connectivity index (χ0v) is 20.4. The van der Waals surface area contributed by atoms with Crippen LogP contribution in [0.5, 0.6) is 0 Å². The van der Waals surface area contributed by atoms with Crippen molar-refractivity contribution in [1.82, 2.24) is 9.88 Å². The molecule has 9 heteroatoms. The molecule has 4 heterocycles. The number of allylic oxidation sites excluding steroid dienone is 1. The van der Waals surface area contributed by atoms with E-state index in [-0.39, 0.29) is 24.7 Å². The number of pyridine rings is 1. The molecular weight excluding hydrogens is 463 g/mol. The molecule has 0 atom stereocenters. The molecule has 5 rings (SSSR count). The number of amides is 1. The third-order valence-electron chi connectivity index (χ3n) is 6.95. The number of carbonyl (C=O) groups excluding carboxylic acids is 2. The van der Waals surface area contributed by atoms with Crippen molar-refractivity contribution < 1.29 is 23.8 Å². The second-order valence-electron chi connectivity index (χ2n) is 9.72. The van der Waals surface area contributed by atoms with Crippen LogP contribution in [0.15, 0.2) is 53.9 Å². The number of aromatic nitrogens is 1. The summed E-state index contributed by atoms with van der Waals surface area (Å²) in [5.74, 6) is 0.322. The number of hydrogen-bond donors (Lipinski definition) is 2. The molecule has 3 aliphatic rings. The predicted molar refractivity (Wildman–Crippen MR) is 134 cm³/mol. The minimum atomic E-state index is -0.775. The summed E-state index contributed by atoms with van der Waals surface area (Å²) in [6.45, 7) is 7.92. The molecule has 1 amide bonds. The van der Waals surface area contributed by atoms with Crippen molar-refractivity contribution in [3.63, 3.8) is 0 Å². The number of carbonyl (C=O) groups is 2. The van der Waals surface area contributed by atoms with Gasteiger partial charge < -0.3 is 20.1 Å². The summed E-state index contributed by atoms with van der Waals surface area (Å²) in [5, 5.41) is 11.8. The van der Waals surface area contributed by atoms with Gasteiger partial charge in [-0.3, -0.25) is 14.5 Å². The van der Waals surface area contributed by atoms with E-state index in [9.17, 15) is 14.0 Å². The fourth-order valence-corrected chi connectivity index (χ4v) is 4.83. The summed E-state index contributed by atoms with van der Waals surface area (Å²) in [6.07, 6.45) is 3.48. The average molecular weight is 493 g/mol. The summed E-state index contributed by atoms with van der Waals surface area (Å²) < 4.78 is 19.7. The molecule has 2 aromatic rings. The van der Waals surface area contributed by atoms with Gasteiger partial charge >= 0.3 is 0 Å². The van der Waals surface area contributed by atoms with Crippen LogP contribution < -0.4 is 10.2 Å². The van der Waals surface area contributed by atoms with Crippen LogP contribution in [0.4, 0.5) is 15.9 Å². The molecule has 1 fully saturated rings. The number of nitrogens with one attached hydrogen (secondary N) is 1. The number of rotatable bonds is 6. The monoisotopic (exact) mass is 492 g/mol. The first-order valence-corrected chi connectivity index (χ1v) is 12.1. The van der Waals surface area contributed by atoms with Gasteiger partial charge in [-0.1, -0.05) is 0 Å². The molecule has 0 bridgehead atoms. The molecule has 0 unspecified atom stereocenters. The van der Waals surface area contributed by atoms with Crippen LogP contribution in [-0.4, -0.2) is 71.6 Å². The van der Waals surface area contributed by atoms with Gasteiger partial charge in [0.15, 0.2) is 5.78 Å². The SMILES string of the molecule is CC1(C)O/C(=C2/C(=O)Nc3cc(F)ccc32)C=C1CC(=O)c1ccc(N2CCN(CCO)CC2)nc1. The molecule has 0 aliphatic carbocycles. The van der Waals surface area contributed by atoms with Gasteiger partial charge in [0.05, 0.1) is 17.9 Å². The smallest absolute Gasteiger partial charge is 0.260 e. The fourth-order valence-electron chi connectivity index (χ4n) is 4.83. The number of β-amino-alcohol motifs (C(OH)–C–C–N with tert-alkyl or cyclic N) is 1. The minimum absolute atomic E-state index is 0.0886. The van der Waals surface area contributed by atoms with Crippen molar-refractivity contribution in [2.75, 3.05) is 49.5 Å². The first-order valence-electron chi connectivity index (χ1n) is 12.1. The van der Waals surface area contributed by atoms with E-state index in [1.54, 1.807) is 24.4 Å². The molecule has 0 spiro atoms. The Labute approximate surface area is 209 Å². The Balaban J connectivity index is 1.31. The van der Waals surface area contributed by atoms with Gasteiger partial charge in [0, 0.05) is 56.5 Å². The van der Waals surface area contributed by atoms with Crippen LogP contribution in [0.2, 0.25) is 0 Å². The van der Waals surface area contributed by atoms with Crippen LogP contribution in [0, 0.1) is 5.82 Å². The van der Waals surface area contributed by atoms with Crippen LogP contribution in [0.25, 0.3) is 5.57 Å². The first-order chi connectivity index (χ1) is 17.2. The quantitative estimate of drug-likeness (QED) is 0.473. The van der Waals surface area contributed by atoms with E-state index in [0.717, 1.165) is 37.6 Å². The molecule has 2 N–H and O–H groups in total. The number of piperazine rings is 1. The van der Waals surface area contributed by atoms with Gasteiger partial charge in [-0.25, -0.2) is 9.37 Å². The zero-order valence-electron chi connectivity index (χ0n) is 20.4. The Morgan fingerprint density at radius 1 is 1.19 bits per heavy atom. The summed E-state index contributed by atoms with van der Waals surface area (Å²) in [6, 6.07) is 7.80. The highest BCUT2D eigenvalue weighted by molar-refractivity contribution is 6.32. The average Bonchev–Trinajstić information content (AvgIpc) is 3.33. The Hall–Kier alpha value is -3.56. The van der Waals surface area contributed by atoms with Crippen molar-refractivity contribution in [1.29, 1.82) is 0 Å². The number of anilines is 2. The van der Waals surface area contributed by atoms with Gasteiger partial charge in [0.2, 0.25) is 0 Å². The molecule has 1 saturated heterocycles. The third kappa shape index (κ3) is 4.64. The predicted octanol–water partition coefficient (Wildman–Crippen LogP) is 3.01. The van der Waals surface area contributed by atoms with Gasteiger partial charge in [-0.2, -0.15) is 0 Å². The van der Waals surface area contributed by atoms with Gasteiger partial charge in [-0.15, -0.1) is 0 Å². The van der Waals surface area contributed by atoms with Crippen LogP contribution in [-0.2, 0) is 9.53 Å². The van der Waals surface area contributed by atoms with Crippen molar-refractivity contribution in [2.24, 2.45) is 0 Å². The van der Waals surface area contributed by atoms with Gasteiger partial charge in [-0.05, 0) is 55.8 Å². The highest BCUT2D eigenvalue weighted by Gasteiger charge is 2.38. The topological polar surface area (TPSA) is 95.0 Å². The minimum Gasteiger partial charge on any atom is -0.483 e. The number of hydrogen-bond acceptors (Lipinski definition) is 7. The number of fused-ring (bicyclic) bond motifs is 1. The number of benzene rings is 1. The molecule has 1 aromatic carbocycles. The van der Waals surface area contributed by atoms with Crippen molar-refractivity contribution in [3.05, 3.63) is 70.9 Å². The maximum Gasteiger partial charge on any atom is 0.260 e. The van der Waals surface area contributed by atoms with Crippen LogP contribution in [0.3, 0.4) is 0 Å². The van der Waals surface area contributed by atoms with E-state index in [2.05, 4.69) is 20.1 Å². The lowest BCUT2D eigenvalue weighted by atomic mass is 9.92. The second kappa shape index (κ2) is 9.48. The number of ketones is 1. The molecular formula is C27H29FN4O4. The number of ether oxygens (including phenoxy) is 1. The summed E-state index contributed by atoms with van der Waals surface area (Å²) in [7, 11) is 0. The molecule has 1 aromatic heterocycles. The Morgan fingerprint density at radius 2 is 1.97 bits per heavy atom. The Bertz CT molecular complexity index is 1260. The second-order valence-corrected chi connectivity index (χ2v) is 9.72. The lowest BCUT2D eigenvalue weighted by molar-refractivity contribution is -0.111. The summed E-state index contributed by atoms with van der Waals surface area (Å²) in [4.78, 5) is 34.6. The highest BCUT2D eigenvalue weighted by atomic mass is 19.1. The van der Waals surface area contributed by atoms with E-state index in [0.29, 0.717) is 34.7 Å². The molecule has 3 aliphatic heterocycles. The number of aliphatic hydroxyl groups is 1. The normalized spacial score (nSPS) is 21.2. The van der Waals surface area contributed by atoms with Crippen molar-refractivity contribution >= 4 is 28.8 Å². The Morgan fingerprint density at radius 3 is 2.67 bits per heavy atom. The molecule has 0 saturated carbocycles. The highest BCUT2D eigenvalue weighted by Crippen LogP contribution is 2.42. The lowest BCUT2D eigenvalue weighted by Gasteiger charge is -2.35. The van der Waals surface area contributed by atoms with Gasteiger partial charge in [0.1, 0.15) is 23.0 Å². The Kier molecular flexibility index (Phi) is 6.36. The maximum atomic E-state index is 13.6. The van der Waals surface area contributed by atoms with Gasteiger partial charge in [0.25, 0.3) is 5.91 Å². The van der Waals surface area contributed by atoms with Crippen LogP contribution in [0.1, 0.15) is 36.2 Å².